The second-order valence-electron chi connectivity index (χ2n) is 4.97. The number of ketones is 1. The van der Waals surface area contributed by atoms with Crippen molar-refractivity contribution in [3.63, 3.8) is 0 Å². The van der Waals surface area contributed by atoms with Crippen LogP contribution in [-0.4, -0.2) is 18.5 Å². The van der Waals surface area contributed by atoms with Crippen molar-refractivity contribution in [2.75, 3.05) is 6.61 Å². The van der Waals surface area contributed by atoms with Crippen LogP contribution in [0.3, 0.4) is 0 Å². The number of ether oxygens (including phenoxy) is 1. The number of Topliss-reactive ketones (excluding diaryl/α,β-unsaturated/α-hetero) is 1. The summed E-state index contributed by atoms with van der Waals surface area (Å²) in [5.41, 5.74) is 0.624. The van der Waals surface area contributed by atoms with E-state index in [1.54, 1.807) is 24.3 Å². The van der Waals surface area contributed by atoms with Crippen LogP contribution in [0.1, 0.15) is 43.0 Å². The summed E-state index contributed by atoms with van der Waals surface area (Å²) in [5, 5.41) is 0.586. The van der Waals surface area contributed by atoms with E-state index in [1.807, 2.05) is 6.92 Å². The van der Waals surface area contributed by atoms with Crippen molar-refractivity contribution in [3.8, 4) is 0 Å². The standard InChI is InChI=1S/C15H19ClO2/c1-11(18-9-8-12-4-2-5-12)15(17)13-6-3-7-14(16)10-13/h3,6-7,10-12H,2,4-5,8-9H2,1H3. The summed E-state index contributed by atoms with van der Waals surface area (Å²) in [5.74, 6) is 0.824. The minimum absolute atomic E-state index is 0.00566. The predicted molar refractivity (Wildman–Crippen MR) is 73.2 cm³/mol. The lowest BCUT2D eigenvalue weighted by Crippen LogP contribution is -2.23. The molecule has 0 aliphatic heterocycles. The van der Waals surface area contributed by atoms with E-state index in [0.29, 0.717) is 17.2 Å². The Morgan fingerprint density at radius 1 is 1.50 bits per heavy atom. The van der Waals surface area contributed by atoms with Crippen LogP contribution in [0.4, 0.5) is 0 Å². The van der Waals surface area contributed by atoms with Gasteiger partial charge >= 0.3 is 0 Å². The van der Waals surface area contributed by atoms with Gasteiger partial charge in [-0.05, 0) is 31.4 Å². The number of hydrogen-bond acceptors (Lipinski definition) is 2. The first-order valence-corrected chi connectivity index (χ1v) is 6.96. The second kappa shape index (κ2) is 6.35. The van der Waals surface area contributed by atoms with Gasteiger partial charge in [0.15, 0.2) is 5.78 Å². The quantitative estimate of drug-likeness (QED) is 0.724. The number of carbonyl (C=O) groups is 1. The van der Waals surface area contributed by atoms with Gasteiger partial charge in [-0.15, -0.1) is 0 Å². The Balaban J connectivity index is 1.80. The van der Waals surface area contributed by atoms with Gasteiger partial charge in [-0.25, -0.2) is 0 Å². The molecule has 0 radical (unpaired) electrons. The van der Waals surface area contributed by atoms with Crippen LogP contribution < -0.4 is 0 Å². The van der Waals surface area contributed by atoms with Gasteiger partial charge in [-0.3, -0.25) is 4.79 Å². The molecule has 0 heterocycles. The first kappa shape index (κ1) is 13.6. The molecule has 1 atom stereocenters. The molecule has 0 saturated heterocycles. The summed E-state index contributed by atoms with van der Waals surface area (Å²) in [6, 6.07) is 7.02. The molecule has 1 saturated carbocycles. The third-order valence-corrected chi connectivity index (χ3v) is 3.83. The normalized spacial score (nSPS) is 17.2. The van der Waals surface area contributed by atoms with Gasteiger partial charge in [-0.2, -0.15) is 0 Å². The molecule has 2 nitrogen and oxygen atoms in total. The maximum atomic E-state index is 12.1. The fraction of sp³-hybridized carbons (Fsp3) is 0.533. The van der Waals surface area contributed by atoms with Crippen LogP contribution in [0.25, 0.3) is 0 Å². The molecule has 0 N–H and O–H groups in total. The summed E-state index contributed by atoms with van der Waals surface area (Å²) in [6.07, 6.45) is 4.68. The van der Waals surface area contributed by atoms with E-state index in [-0.39, 0.29) is 11.9 Å². The summed E-state index contributed by atoms with van der Waals surface area (Å²) >= 11 is 5.87. The number of rotatable bonds is 6. The first-order valence-electron chi connectivity index (χ1n) is 6.58. The van der Waals surface area contributed by atoms with Crippen molar-refractivity contribution in [3.05, 3.63) is 34.9 Å². The molecule has 0 aromatic heterocycles. The number of hydrogen-bond donors (Lipinski definition) is 0. The molecule has 1 fully saturated rings. The van der Waals surface area contributed by atoms with Gasteiger partial charge in [0, 0.05) is 17.2 Å². The van der Waals surface area contributed by atoms with Crippen molar-refractivity contribution < 1.29 is 9.53 Å². The molecule has 1 aliphatic rings. The summed E-state index contributed by atoms with van der Waals surface area (Å²) in [7, 11) is 0. The average molecular weight is 267 g/mol. The van der Waals surface area contributed by atoms with Crippen molar-refractivity contribution in [2.45, 2.75) is 38.7 Å². The van der Waals surface area contributed by atoms with E-state index in [4.69, 9.17) is 16.3 Å². The summed E-state index contributed by atoms with van der Waals surface area (Å²) < 4.78 is 5.61. The number of carbonyl (C=O) groups excluding carboxylic acids is 1. The van der Waals surface area contributed by atoms with E-state index in [2.05, 4.69) is 0 Å². The molecule has 1 aromatic rings. The smallest absolute Gasteiger partial charge is 0.191 e. The highest BCUT2D eigenvalue weighted by Gasteiger charge is 2.19. The van der Waals surface area contributed by atoms with Crippen molar-refractivity contribution in [1.82, 2.24) is 0 Å². The van der Waals surface area contributed by atoms with Gasteiger partial charge in [0.1, 0.15) is 6.10 Å². The molecule has 98 valence electrons. The lowest BCUT2D eigenvalue weighted by molar-refractivity contribution is 0.0395. The topological polar surface area (TPSA) is 26.3 Å². The van der Waals surface area contributed by atoms with E-state index in [0.717, 1.165) is 12.3 Å². The Labute approximate surface area is 113 Å². The minimum Gasteiger partial charge on any atom is -0.370 e. The Kier molecular flexibility index (Phi) is 4.79. The molecule has 0 spiro atoms. The SMILES string of the molecule is CC(OCCC1CCC1)C(=O)c1cccc(Cl)c1. The Hall–Kier alpha value is -0.860. The second-order valence-corrected chi connectivity index (χ2v) is 5.41. The summed E-state index contributed by atoms with van der Waals surface area (Å²) in [4.78, 5) is 12.1. The third-order valence-electron chi connectivity index (χ3n) is 3.60. The maximum Gasteiger partial charge on any atom is 0.191 e. The van der Waals surface area contributed by atoms with Gasteiger partial charge in [-0.1, -0.05) is 43.0 Å². The van der Waals surface area contributed by atoms with Crippen LogP contribution in [0.5, 0.6) is 0 Å². The monoisotopic (exact) mass is 266 g/mol. The molecule has 0 bridgehead atoms. The molecule has 1 aromatic carbocycles. The zero-order valence-corrected chi connectivity index (χ0v) is 11.5. The molecular formula is C15H19ClO2. The summed E-state index contributed by atoms with van der Waals surface area (Å²) in [6.45, 7) is 2.49. The molecule has 2 rings (SSSR count). The largest absolute Gasteiger partial charge is 0.370 e. The van der Waals surface area contributed by atoms with Crippen molar-refractivity contribution in [2.24, 2.45) is 5.92 Å². The third kappa shape index (κ3) is 3.56. The molecular weight excluding hydrogens is 248 g/mol. The van der Waals surface area contributed by atoms with Gasteiger partial charge < -0.3 is 4.74 Å². The van der Waals surface area contributed by atoms with E-state index < -0.39 is 0 Å². The maximum absolute atomic E-state index is 12.1. The van der Waals surface area contributed by atoms with E-state index >= 15 is 0 Å². The van der Waals surface area contributed by atoms with Crippen LogP contribution in [-0.2, 0) is 4.74 Å². The Morgan fingerprint density at radius 2 is 2.28 bits per heavy atom. The van der Waals surface area contributed by atoms with Crippen LogP contribution in [0.15, 0.2) is 24.3 Å². The Bertz CT molecular complexity index is 413. The molecule has 0 amide bonds. The molecule has 1 unspecified atom stereocenters. The predicted octanol–water partition coefficient (Wildman–Crippen LogP) is 4.12. The molecule has 1 aliphatic carbocycles. The van der Waals surface area contributed by atoms with Crippen LogP contribution >= 0.6 is 11.6 Å². The van der Waals surface area contributed by atoms with Crippen molar-refractivity contribution in [1.29, 1.82) is 0 Å². The van der Waals surface area contributed by atoms with Crippen LogP contribution in [0, 0.1) is 5.92 Å². The lowest BCUT2D eigenvalue weighted by atomic mass is 9.83. The lowest BCUT2D eigenvalue weighted by Gasteiger charge is -2.25. The van der Waals surface area contributed by atoms with Gasteiger partial charge in [0.2, 0.25) is 0 Å². The fourth-order valence-corrected chi connectivity index (χ4v) is 2.34. The number of halogens is 1. The zero-order valence-electron chi connectivity index (χ0n) is 10.7. The van der Waals surface area contributed by atoms with Crippen molar-refractivity contribution >= 4 is 17.4 Å². The zero-order chi connectivity index (χ0) is 13.0. The first-order chi connectivity index (χ1) is 8.66. The van der Waals surface area contributed by atoms with Gasteiger partial charge in [0.25, 0.3) is 0 Å². The fourth-order valence-electron chi connectivity index (χ4n) is 2.15. The van der Waals surface area contributed by atoms with E-state index in [9.17, 15) is 4.79 Å². The van der Waals surface area contributed by atoms with E-state index in [1.165, 1.54) is 19.3 Å². The number of benzene rings is 1. The highest BCUT2D eigenvalue weighted by atomic mass is 35.5. The highest BCUT2D eigenvalue weighted by Crippen LogP contribution is 2.29. The van der Waals surface area contributed by atoms with Gasteiger partial charge in [0.05, 0.1) is 0 Å². The minimum atomic E-state index is -0.386. The molecule has 3 heteroatoms. The Morgan fingerprint density at radius 3 is 2.89 bits per heavy atom. The average Bonchev–Trinajstić information content (AvgIpc) is 2.31. The molecule has 18 heavy (non-hydrogen) atoms. The highest BCUT2D eigenvalue weighted by molar-refractivity contribution is 6.31. The van der Waals surface area contributed by atoms with Crippen LogP contribution in [0.2, 0.25) is 5.02 Å².